The summed E-state index contributed by atoms with van der Waals surface area (Å²) in [6, 6.07) is 8.51. The van der Waals surface area contributed by atoms with Gasteiger partial charge in [-0.1, -0.05) is 49.7 Å². The second kappa shape index (κ2) is 6.57. The predicted molar refractivity (Wildman–Crippen MR) is 81.5 cm³/mol. The van der Waals surface area contributed by atoms with E-state index in [2.05, 4.69) is 53.4 Å². The summed E-state index contributed by atoms with van der Waals surface area (Å²) in [5.74, 6) is 1.60. The molecule has 2 aromatic rings. The van der Waals surface area contributed by atoms with E-state index >= 15 is 0 Å². The molecule has 0 spiro atoms. The molecule has 0 aliphatic heterocycles. The zero-order valence-electron chi connectivity index (χ0n) is 11.9. The molecule has 106 valence electrons. The van der Waals surface area contributed by atoms with E-state index in [0.29, 0.717) is 29.2 Å². The number of ether oxygens (including phenoxy) is 1. The van der Waals surface area contributed by atoms with Gasteiger partial charge in [-0.05, 0) is 17.0 Å². The maximum atomic E-state index is 5.95. The van der Waals surface area contributed by atoms with Crippen LogP contribution < -0.4 is 10.1 Å². The summed E-state index contributed by atoms with van der Waals surface area (Å²) in [5.41, 5.74) is 2.50. The van der Waals surface area contributed by atoms with Gasteiger partial charge in [-0.3, -0.25) is 0 Å². The van der Waals surface area contributed by atoms with Crippen molar-refractivity contribution in [1.29, 1.82) is 0 Å². The van der Waals surface area contributed by atoms with Gasteiger partial charge in [0.15, 0.2) is 16.7 Å². The Hall–Kier alpha value is -1.81. The Bertz CT molecular complexity index is 570. The minimum atomic E-state index is 0.306. The van der Waals surface area contributed by atoms with Crippen LogP contribution in [0.3, 0.4) is 0 Å². The van der Waals surface area contributed by atoms with Crippen molar-refractivity contribution in [3.63, 3.8) is 0 Å². The van der Waals surface area contributed by atoms with E-state index in [1.54, 1.807) is 7.11 Å². The van der Waals surface area contributed by atoms with Gasteiger partial charge in [-0.15, -0.1) is 0 Å². The molecule has 0 saturated heterocycles. The van der Waals surface area contributed by atoms with Crippen molar-refractivity contribution in [2.75, 3.05) is 12.4 Å². The molecule has 0 atom stereocenters. The van der Waals surface area contributed by atoms with E-state index in [1.165, 1.54) is 17.5 Å². The van der Waals surface area contributed by atoms with Crippen molar-refractivity contribution in [2.24, 2.45) is 0 Å². The molecule has 20 heavy (non-hydrogen) atoms. The van der Waals surface area contributed by atoms with Crippen molar-refractivity contribution in [1.82, 2.24) is 9.97 Å². The molecule has 1 heterocycles. The highest BCUT2D eigenvalue weighted by Gasteiger charge is 2.09. The summed E-state index contributed by atoms with van der Waals surface area (Å²) in [6.07, 6.45) is 1.41. The van der Waals surface area contributed by atoms with E-state index in [4.69, 9.17) is 16.3 Å². The molecule has 5 heteroatoms. The Balaban J connectivity index is 2.07. The number of methoxy groups -OCH3 is 1. The molecule has 0 fully saturated rings. The van der Waals surface area contributed by atoms with Crippen LogP contribution >= 0.6 is 11.6 Å². The second-order valence-electron chi connectivity index (χ2n) is 4.80. The number of benzene rings is 1. The van der Waals surface area contributed by atoms with Crippen LogP contribution in [0.4, 0.5) is 5.82 Å². The normalized spacial score (nSPS) is 10.7. The summed E-state index contributed by atoms with van der Waals surface area (Å²) >= 11 is 5.95. The van der Waals surface area contributed by atoms with Crippen LogP contribution in [0.25, 0.3) is 0 Å². The zero-order chi connectivity index (χ0) is 14.5. The molecule has 0 aliphatic rings. The van der Waals surface area contributed by atoms with E-state index in [1.807, 2.05) is 0 Å². The number of hydrogen-bond acceptors (Lipinski definition) is 4. The molecule has 0 radical (unpaired) electrons. The quantitative estimate of drug-likeness (QED) is 0.850. The van der Waals surface area contributed by atoms with Crippen LogP contribution in [0.15, 0.2) is 30.6 Å². The number of hydrogen-bond donors (Lipinski definition) is 1. The Kier molecular flexibility index (Phi) is 4.79. The molecule has 1 aromatic heterocycles. The van der Waals surface area contributed by atoms with E-state index in [9.17, 15) is 0 Å². The van der Waals surface area contributed by atoms with Gasteiger partial charge in [0.05, 0.1) is 7.11 Å². The minimum absolute atomic E-state index is 0.306. The number of nitrogens with one attached hydrogen (secondary N) is 1. The molecule has 0 unspecified atom stereocenters. The zero-order valence-corrected chi connectivity index (χ0v) is 12.6. The number of anilines is 1. The van der Waals surface area contributed by atoms with Crippen LogP contribution in [0.2, 0.25) is 5.15 Å². The van der Waals surface area contributed by atoms with Crippen LogP contribution in [0.1, 0.15) is 30.9 Å². The highest BCUT2D eigenvalue weighted by molar-refractivity contribution is 6.31. The van der Waals surface area contributed by atoms with Gasteiger partial charge < -0.3 is 10.1 Å². The van der Waals surface area contributed by atoms with Crippen molar-refractivity contribution < 1.29 is 4.74 Å². The van der Waals surface area contributed by atoms with Crippen LogP contribution in [0, 0.1) is 0 Å². The average molecular weight is 292 g/mol. The molecule has 0 saturated carbocycles. The van der Waals surface area contributed by atoms with Crippen molar-refractivity contribution >= 4 is 17.4 Å². The van der Waals surface area contributed by atoms with Gasteiger partial charge in [-0.25, -0.2) is 9.97 Å². The maximum Gasteiger partial charge on any atom is 0.198 e. The lowest BCUT2D eigenvalue weighted by Gasteiger charge is -2.11. The maximum absolute atomic E-state index is 5.95. The summed E-state index contributed by atoms with van der Waals surface area (Å²) in [6.45, 7) is 5.02. The van der Waals surface area contributed by atoms with Gasteiger partial charge in [-0.2, -0.15) is 0 Å². The summed E-state index contributed by atoms with van der Waals surface area (Å²) < 4.78 is 5.20. The summed E-state index contributed by atoms with van der Waals surface area (Å²) in [5, 5.41) is 3.52. The molecular formula is C15H18ClN3O. The largest absolute Gasteiger partial charge is 0.490 e. The SMILES string of the molecule is COc1c(Cl)ncnc1NCc1ccc(C(C)C)cc1. The van der Waals surface area contributed by atoms with Gasteiger partial charge >= 0.3 is 0 Å². The van der Waals surface area contributed by atoms with Gasteiger partial charge in [0, 0.05) is 6.54 Å². The molecule has 1 N–H and O–H groups in total. The molecule has 0 bridgehead atoms. The first kappa shape index (κ1) is 14.6. The fourth-order valence-corrected chi connectivity index (χ4v) is 2.08. The molecule has 0 amide bonds. The lowest BCUT2D eigenvalue weighted by molar-refractivity contribution is 0.413. The molecule has 2 rings (SSSR count). The monoisotopic (exact) mass is 291 g/mol. The highest BCUT2D eigenvalue weighted by Crippen LogP contribution is 2.28. The first-order valence-corrected chi connectivity index (χ1v) is 6.86. The third-order valence-corrected chi connectivity index (χ3v) is 3.34. The van der Waals surface area contributed by atoms with Gasteiger partial charge in [0.1, 0.15) is 6.33 Å². The lowest BCUT2D eigenvalue weighted by Crippen LogP contribution is -2.04. The Morgan fingerprint density at radius 1 is 1.20 bits per heavy atom. The standard InChI is InChI=1S/C15H18ClN3O/c1-10(2)12-6-4-11(5-7-12)8-17-15-13(20-3)14(16)18-9-19-15/h4-7,9-10H,8H2,1-3H3,(H,17,18,19). The Morgan fingerprint density at radius 3 is 2.50 bits per heavy atom. The predicted octanol–water partition coefficient (Wildman–Crippen LogP) is 3.87. The number of halogens is 1. The van der Waals surface area contributed by atoms with Gasteiger partial charge in [0.25, 0.3) is 0 Å². The van der Waals surface area contributed by atoms with Crippen molar-refractivity contribution in [2.45, 2.75) is 26.3 Å². The average Bonchev–Trinajstić information content (AvgIpc) is 2.45. The third-order valence-electron chi connectivity index (χ3n) is 3.07. The topological polar surface area (TPSA) is 47.0 Å². The van der Waals surface area contributed by atoms with Crippen LogP contribution in [0.5, 0.6) is 5.75 Å². The fourth-order valence-electron chi connectivity index (χ4n) is 1.87. The van der Waals surface area contributed by atoms with E-state index in [-0.39, 0.29) is 0 Å². The summed E-state index contributed by atoms with van der Waals surface area (Å²) in [4.78, 5) is 8.03. The third kappa shape index (κ3) is 3.39. The minimum Gasteiger partial charge on any atom is -0.490 e. The molecule has 4 nitrogen and oxygen atoms in total. The van der Waals surface area contributed by atoms with Crippen molar-refractivity contribution in [3.8, 4) is 5.75 Å². The Morgan fingerprint density at radius 2 is 1.90 bits per heavy atom. The molecular weight excluding hydrogens is 274 g/mol. The highest BCUT2D eigenvalue weighted by atomic mass is 35.5. The van der Waals surface area contributed by atoms with Gasteiger partial charge in [0.2, 0.25) is 0 Å². The smallest absolute Gasteiger partial charge is 0.198 e. The van der Waals surface area contributed by atoms with Crippen molar-refractivity contribution in [3.05, 3.63) is 46.9 Å². The number of aromatic nitrogens is 2. The van der Waals surface area contributed by atoms with Crippen LogP contribution in [-0.4, -0.2) is 17.1 Å². The number of rotatable bonds is 5. The first-order valence-electron chi connectivity index (χ1n) is 6.49. The lowest BCUT2D eigenvalue weighted by atomic mass is 10.0. The molecule has 0 aliphatic carbocycles. The summed E-state index contributed by atoms with van der Waals surface area (Å²) in [7, 11) is 1.55. The number of nitrogens with zero attached hydrogens (tertiary/aromatic N) is 2. The Labute approximate surface area is 124 Å². The van der Waals surface area contributed by atoms with E-state index in [0.717, 1.165) is 0 Å². The first-order chi connectivity index (χ1) is 9.61. The second-order valence-corrected chi connectivity index (χ2v) is 5.15. The van der Waals surface area contributed by atoms with E-state index < -0.39 is 0 Å². The fraction of sp³-hybridized carbons (Fsp3) is 0.333. The molecule has 1 aromatic carbocycles. The van der Waals surface area contributed by atoms with Crippen LogP contribution in [-0.2, 0) is 6.54 Å².